The fourth-order valence-electron chi connectivity index (χ4n) is 2.81. The third-order valence-corrected chi connectivity index (χ3v) is 4.58. The fourth-order valence-corrected chi connectivity index (χ4v) is 3.32. The number of amides is 3. The molecule has 0 unspecified atom stereocenters. The first kappa shape index (κ1) is 19.2. The molecule has 0 aliphatic carbocycles. The van der Waals surface area contributed by atoms with Gasteiger partial charge >= 0.3 is 6.03 Å². The number of benzene rings is 2. The van der Waals surface area contributed by atoms with Crippen LogP contribution in [0, 0.1) is 11.3 Å². The number of rotatable bonds is 6. The molecule has 0 spiro atoms. The molecule has 1 saturated heterocycles. The Morgan fingerprint density at radius 3 is 2.41 bits per heavy atom. The number of carbonyl (C=O) groups is 2. The van der Waals surface area contributed by atoms with Gasteiger partial charge in [0.1, 0.15) is 6.04 Å². The minimum absolute atomic E-state index is 0.311. The predicted molar refractivity (Wildman–Crippen MR) is 104 cm³/mol. The van der Waals surface area contributed by atoms with Crippen LogP contribution in [0.15, 0.2) is 42.5 Å². The van der Waals surface area contributed by atoms with Gasteiger partial charge in [0.05, 0.1) is 17.3 Å². The second-order valence-corrected chi connectivity index (χ2v) is 6.94. The zero-order valence-electron chi connectivity index (χ0n) is 14.2. The van der Waals surface area contributed by atoms with Crippen LogP contribution >= 0.6 is 23.2 Å². The molecule has 1 fully saturated rings. The number of hydrogen-bond donors (Lipinski definition) is 2. The van der Waals surface area contributed by atoms with Crippen molar-refractivity contribution in [2.24, 2.45) is 0 Å². The van der Waals surface area contributed by atoms with Gasteiger partial charge in [0.25, 0.3) is 5.91 Å². The number of urea groups is 1. The molecule has 0 radical (unpaired) electrons. The summed E-state index contributed by atoms with van der Waals surface area (Å²) in [6.07, 6.45) is 0.744. The van der Waals surface area contributed by atoms with Gasteiger partial charge in [0, 0.05) is 16.6 Å². The Bertz CT molecular complexity index is 889. The molecule has 27 heavy (non-hydrogen) atoms. The molecule has 1 heterocycles. The number of halogens is 2. The number of carbonyl (C=O) groups excluding carboxylic acids is 2. The lowest BCUT2D eigenvalue weighted by Crippen LogP contribution is -2.40. The van der Waals surface area contributed by atoms with Gasteiger partial charge in [-0.3, -0.25) is 4.79 Å². The summed E-state index contributed by atoms with van der Waals surface area (Å²) < 4.78 is 0. The molecule has 0 aromatic heterocycles. The summed E-state index contributed by atoms with van der Waals surface area (Å²) in [5.41, 5.74) is 2.04. The van der Waals surface area contributed by atoms with Crippen molar-refractivity contribution in [2.45, 2.75) is 12.5 Å². The van der Waals surface area contributed by atoms with Crippen LogP contribution in [-0.2, 0) is 11.2 Å². The van der Waals surface area contributed by atoms with Crippen LogP contribution < -0.4 is 15.5 Å². The summed E-state index contributed by atoms with van der Waals surface area (Å²) in [4.78, 5) is 25.8. The van der Waals surface area contributed by atoms with Crippen LogP contribution in [0.3, 0.4) is 0 Å². The minimum Gasteiger partial charge on any atom is -0.324 e. The Morgan fingerprint density at radius 2 is 1.78 bits per heavy atom. The van der Waals surface area contributed by atoms with Gasteiger partial charge in [-0.25, -0.2) is 9.69 Å². The lowest BCUT2D eigenvalue weighted by molar-refractivity contribution is -0.118. The van der Waals surface area contributed by atoms with Crippen LogP contribution in [-0.4, -0.2) is 31.1 Å². The van der Waals surface area contributed by atoms with E-state index in [2.05, 4.69) is 16.7 Å². The van der Waals surface area contributed by atoms with Crippen LogP contribution in [0.1, 0.15) is 11.1 Å². The molecule has 138 valence electrons. The van der Waals surface area contributed by atoms with Crippen LogP contribution in [0.2, 0.25) is 10.0 Å². The average Bonchev–Trinajstić information content (AvgIpc) is 2.92. The van der Waals surface area contributed by atoms with Gasteiger partial charge in [0.15, 0.2) is 0 Å². The van der Waals surface area contributed by atoms with Crippen molar-refractivity contribution in [3.8, 4) is 6.07 Å². The van der Waals surface area contributed by atoms with E-state index in [0.29, 0.717) is 34.4 Å². The molecule has 6 nitrogen and oxygen atoms in total. The van der Waals surface area contributed by atoms with Gasteiger partial charge in [-0.2, -0.15) is 5.26 Å². The molecule has 3 amide bonds. The first-order valence-corrected chi connectivity index (χ1v) is 9.04. The van der Waals surface area contributed by atoms with Crippen molar-refractivity contribution in [1.82, 2.24) is 10.6 Å². The lowest BCUT2D eigenvalue weighted by atomic mass is 10.1. The highest BCUT2D eigenvalue weighted by molar-refractivity contribution is 6.35. The van der Waals surface area contributed by atoms with E-state index < -0.39 is 12.1 Å². The van der Waals surface area contributed by atoms with Gasteiger partial charge in [-0.15, -0.1) is 0 Å². The first-order valence-electron chi connectivity index (χ1n) is 8.28. The minimum atomic E-state index is -0.656. The number of nitriles is 1. The fraction of sp³-hybridized carbons (Fsp3) is 0.211. The number of hydrogen-bond acceptors (Lipinski definition) is 4. The summed E-state index contributed by atoms with van der Waals surface area (Å²) >= 11 is 11.9. The molecule has 0 saturated carbocycles. The van der Waals surface area contributed by atoms with E-state index in [9.17, 15) is 9.59 Å². The van der Waals surface area contributed by atoms with Crippen LogP contribution in [0.5, 0.6) is 0 Å². The molecular formula is C19H16Cl2N4O2. The molecule has 1 atom stereocenters. The zero-order valence-corrected chi connectivity index (χ0v) is 15.7. The maximum absolute atomic E-state index is 12.6. The summed E-state index contributed by atoms with van der Waals surface area (Å²) in [5, 5.41) is 15.3. The molecule has 2 aromatic carbocycles. The Hall–Kier alpha value is -2.59. The number of nitrogens with one attached hydrogen (secondary N) is 2. The van der Waals surface area contributed by atoms with Crippen molar-refractivity contribution in [1.29, 1.82) is 5.26 Å². The van der Waals surface area contributed by atoms with E-state index in [4.69, 9.17) is 28.5 Å². The Kier molecular flexibility index (Phi) is 5.97. The van der Waals surface area contributed by atoms with E-state index in [0.717, 1.165) is 16.9 Å². The molecule has 8 heteroatoms. The van der Waals surface area contributed by atoms with Crippen molar-refractivity contribution in [3.05, 3.63) is 63.6 Å². The molecule has 3 rings (SSSR count). The number of imide groups is 1. The summed E-state index contributed by atoms with van der Waals surface area (Å²) in [7, 11) is 0. The SMILES string of the molecule is N#Cc1ccc(CCNC[C@@H]2NC(=O)N(c3cc(Cl)cc(Cl)c3)C2=O)cc1. The van der Waals surface area contributed by atoms with Gasteiger partial charge < -0.3 is 10.6 Å². The third-order valence-electron chi connectivity index (χ3n) is 4.15. The largest absolute Gasteiger partial charge is 0.329 e. The Balaban J connectivity index is 1.54. The van der Waals surface area contributed by atoms with Crippen molar-refractivity contribution in [2.75, 3.05) is 18.0 Å². The van der Waals surface area contributed by atoms with E-state index in [-0.39, 0.29) is 5.91 Å². The zero-order chi connectivity index (χ0) is 19.4. The normalized spacial score (nSPS) is 16.3. The van der Waals surface area contributed by atoms with Gasteiger partial charge in [-0.05, 0) is 48.9 Å². The van der Waals surface area contributed by atoms with Crippen molar-refractivity contribution >= 4 is 40.8 Å². The third kappa shape index (κ3) is 4.58. The van der Waals surface area contributed by atoms with Gasteiger partial charge in [-0.1, -0.05) is 35.3 Å². The Labute approximate surface area is 166 Å². The Morgan fingerprint density at radius 1 is 1.11 bits per heavy atom. The van der Waals surface area contributed by atoms with Crippen molar-refractivity contribution < 1.29 is 9.59 Å². The van der Waals surface area contributed by atoms with E-state index >= 15 is 0 Å². The highest BCUT2D eigenvalue weighted by Crippen LogP contribution is 2.27. The van der Waals surface area contributed by atoms with Crippen LogP contribution in [0.25, 0.3) is 0 Å². The molecule has 1 aliphatic heterocycles. The average molecular weight is 403 g/mol. The summed E-state index contributed by atoms with van der Waals surface area (Å²) in [6, 6.07) is 12.8. The quantitative estimate of drug-likeness (QED) is 0.573. The number of nitrogens with zero attached hydrogens (tertiary/aromatic N) is 2. The molecular weight excluding hydrogens is 387 g/mol. The van der Waals surface area contributed by atoms with Gasteiger partial charge in [0.2, 0.25) is 0 Å². The summed E-state index contributed by atoms with van der Waals surface area (Å²) in [5.74, 6) is -0.357. The molecule has 0 bridgehead atoms. The highest BCUT2D eigenvalue weighted by atomic mass is 35.5. The van der Waals surface area contributed by atoms with Crippen molar-refractivity contribution in [3.63, 3.8) is 0 Å². The molecule has 2 N–H and O–H groups in total. The topological polar surface area (TPSA) is 85.2 Å². The smallest absolute Gasteiger partial charge is 0.324 e. The maximum Gasteiger partial charge on any atom is 0.329 e. The second-order valence-electron chi connectivity index (χ2n) is 6.07. The monoisotopic (exact) mass is 402 g/mol. The highest BCUT2D eigenvalue weighted by Gasteiger charge is 2.38. The van der Waals surface area contributed by atoms with E-state index in [1.165, 1.54) is 18.2 Å². The second kappa shape index (κ2) is 8.40. The first-order chi connectivity index (χ1) is 13.0. The standard InChI is InChI=1S/C19H16Cl2N4O2/c20-14-7-15(21)9-16(8-14)25-18(26)17(24-19(25)27)11-23-6-5-12-1-3-13(10-22)4-2-12/h1-4,7-9,17,23H,5-6,11H2,(H,24,27)/t17-/m0/s1. The molecule has 2 aromatic rings. The summed E-state index contributed by atoms with van der Waals surface area (Å²) in [6.45, 7) is 0.945. The van der Waals surface area contributed by atoms with Crippen LogP contribution in [0.4, 0.5) is 10.5 Å². The maximum atomic E-state index is 12.6. The predicted octanol–water partition coefficient (Wildman–Crippen LogP) is 3.12. The lowest BCUT2D eigenvalue weighted by Gasteiger charge is -2.14. The van der Waals surface area contributed by atoms with E-state index in [1.807, 2.05) is 12.1 Å². The number of anilines is 1. The van der Waals surface area contributed by atoms with E-state index in [1.54, 1.807) is 12.1 Å². The molecule has 1 aliphatic rings.